The minimum Gasteiger partial charge on any atom is -0.383 e. The van der Waals surface area contributed by atoms with Crippen LogP contribution in [0.25, 0.3) is 11.0 Å². The molecule has 1 aromatic carbocycles. The number of nitrogen functional groups attached to an aromatic ring is 1. The number of nitrogens with one attached hydrogen (secondary N) is 1. The van der Waals surface area contributed by atoms with E-state index in [1.54, 1.807) is 11.8 Å². The highest BCUT2D eigenvalue weighted by atomic mass is 32.2. The second-order valence-electron chi connectivity index (χ2n) is 4.93. The van der Waals surface area contributed by atoms with Crippen LogP contribution in [-0.2, 0) is 0 Å². The highest BCUT2D eigenvalue weighted by molar-refractivity contribution is 7.99. The summed E-state index contributed by atoms with van der Waals surface area (Å²) in [6, 6.07) is 10.5. The molecular formula is C15H18N6S. The molecule has 3 N–H and O–H groups in total. The fourth-order valence-corrected chi connectivity index (χ4v) is 3.28. The molecule has 22 heavy (non-hydrogen) atoms. The number of aromatic nitrogens is 4. The molecule has 0 aliphatic carbocycles. The Labute approximate surface area is 133 Å². The number of fused-ring (bicyclic) bond motifs is 1. The van der Waals surface area contributed by atoms with Gasteiger partial charge in [0.15, 0.2) is 5.65 Å². The number of hydrogen-bond donors (Lipinski definition) is 2. The first-order chi connectivity index (χ1) is 10.3. The van der Waals surface area contributed by atoms with Crippen LogP contribution in [0.3, 0.4) is 0 Å². The van der Waals surface area contributed by atoms with E-state index in [9.17, 15) is 0 Å². The molecule has 7 heteroatoms. The molecule has 0 unspecified atom stereocenters. The zero-order valence-electron chi connectivity index (χ0n) is 11.2. The van der Waals surface area contributed by atoms with Gasteiger partial charge in [-0.2, -0.15) is 5.10 Å². The number of nitrogens with two attached hydrogens (primary N) is 1. The molecule has 0 spiro atoms. The van der Waals surface area contributed by atoms with Crippen LogP contribution in [0.5, 0.6) is 0 Å². The van der Waals surface area contributed by atoms with Gasteiger partial charge in [-0.15, -0.1) is 0 Å². The molecule has 0 saturated carbocycles. The topological polar surface area (TPSA) is 81.7 Å². The Morgan fingerprint density at radius 3 is 2.64 bits per heavy atom. The zero-order valence-corrected chi connectivity index (χ0v) is 12.0. The van der Waals surface area contributed by atoms with Gasteiger partial charge in [-0.1, -0.05) is 37.4 Å². The van der Waals surface area contributed by atoms with Crippen molar-refractivity contribution >= 4 is 28.6 Å². The minimum atomic E-state index is 0. The van der Waals surface area contributed by atoms with Crippen molar-refractivity contribution in [3.63, 3.8) is 0 Å². The molecule has 0 amide bonds. The standard InChI is InChI=1S/C14H14N6S.CH4/c15-12-11-13(18-8-17-12)20(9-6-16-7-9)19-14(11)21-10-4-2-1-3-5-10;/h1-5,8-9,16H,6-7H2,(H2,15,17,18);1H4. The van der Waals surface area contributed by atoms with E-state index in [2.05, 4.69) is 27.4 Å². The maximum absolute atomic E-state index is 6.05. The summed E-state index contributed by atoms with van der Waals surface area (Å²) in [5.74, 6) is 0.483. The normalized spacial score (nSPS) is 14.5. The van der Waals surface area contributed by atoms with Crippen LogP contribution in [0.15, 0.2) is 46.6 Å². The fourth-order valence-electron chi connectivity index (χ4n) is 2.34. The fraction of sp³-hybridized carbons (Fsp3) is 0.267. The van der Waals surface area contributed by atoms with Crippen molar-refractivity contribution < 1.29 is 0 Å². The van der Waals surface area contributed by atoms with E-state index in [4.69, 9.17) is 10.8 Å². The summed E-state index contributed by atoms with van der Waals surface area (Å²) in [6.45, 7) is 1.83. The molecular weight excluding hydrogens is 296 g/mol. The molecule has 1 aliphatic heterocycles. The smallest absolute Gasteiger partial charge is 0.164 e. The Morgan fingerprint density at radius 1 is 1.18 bits per heavy atom. The predicted octanol–water partition coefficient (Wildman–Crippen LogP) is 2.34. The van der Waals surface area contributed by atoms with Crippen LogP contribution < -0.4 is 11.1 Å². The van der Waals surface area contributed by atoms with Gasteiger partial charge in [-0.25, -0.2) is 14.6 Å². The van der Waals surface area contributed by atoms with Gasteiger partial charge >= 0.3 is 0 Å². The van der Waals surface area contributed by atoms with Crippen molar-refractivity contribution in [1.82, 2.24) is 25.1 Å². The van der Waals surface area contributed by atoms with E-state index in [1.165, 1.54) is 6.33 Å². The maximum atomic E-state index is 6.05. The minimum absolute atomic E-state index is 0. The van der Waals surface area contributed by atoms with Crippen LogP contribution in [0.2, 0.25) is 0 Å². The molecule has 4 rings (SSSR count). The molecule has 6 nitrogen and oxygen atoms in total. The lowest BCUT2D eigenvalue weighted by Gasteiger charge is -2.27. The van der Waals surface area contributed by atoms with Crippen molar-refractivity contribution in [2.75, 3.05) is 18.8 Å². The van der Waals surface area contributed by atoms with E-state index in [0.717, 1.165) is 34.0 Å². The second-order valence-corrected chi connectivity index (χ2v) is 6.00. The third-order valence-electron chi connectivity index (χ3n) is 3.55. The summed E-state index contributed by atoms with van der Waals surface area (Å²) in [5.41, 5.74) is 6.86. The first-order valence-corrected chi connectivity index (χ1v) is 7.57. The summed E-state index contributed by atoms with van der Waals surface area (Å²) in [6.07, 6.45) is 1.50. The van der Waals surface area contributed by atoms with Gasteiger partial charge in [-0.3, -0.25) is 0 Å². The monoisotopic (exact) mass is 314 g/mol. The predicted molar refractivity (Wildman–Crippen MR) is 88.9 cm³/mol. The lowest BCUT2D eigenvalue weighted by Crippen LogP contribution is -2.43. The molecule has 1 fully saturated rings. The van der Waals surface area contributed by atoms with Gasteiger partial charge in [0.05, 0.1) is 11.4 Å². The van der Waals surface area contributed by atoms with Crippen LogP contribution >= 0.6 is 11.8 Å². The highest BCUT2D eigenvalue weighted by Crippen LogP contribution is 2.35. The van der Waals surface area contributed by atoms with Crippen molar-refractivity contribution in [1.29, 1.82) is 0 Å². The van der Waals surface area contributed by atoms with Gasteiger partial charge in [0.25, 0.3) is 0 Å². The molecule has 0 atom stereocenters. The summed E-state index contributed by atoms with van der Waals surface area (Å²) in [5, 5.41) is 9.69. The second kappa shape index (κ2) is 5.94. The van der Waals surface area contributed by atoms with Gasteiger partial charge in [0.1, 0.15) is 17.2 Å². The summed E-state index contributed by atoms with van der Waals surface area (Å²) >= 11 is 1.59. The van der Waals surface area contributed by atoms with Crippen LogP contribution in [-0.4, -0.2) is 32.8 Å². The Bertz CT molecular complexity index is 781. The molecule has 0 radical (unpaired) electrons. The quantitative estimate of drug-likeness (QED) is 0.772. The van der Waals surface area contributed by atoms with Gasteiger partial charge < -0.3 is 11.1 Å². The van der Waals surface area contributed by atoms with E-state index < -0.39 is 0 Å². The van der Waals surface area contributed by atoms with Gasteiger partial charge in [0.2, 0.25) is 0 Å². The van der Waals surface area contributed by atoms with Gasteiger partial charge in [0, 0.05) is 18.0 Å². The van der Waals surface area contributed by atoms with Crippen molar-refractivity contribution in [2.45, 2.75) is 23.4 Å². The highest BCUT2D eigenvalue weighted by Gasteiger charge is 2.25. The molecule has 114 valence electrons. The Hall–Kier alpha value is -2.12. The maximum Gasteiger partial charge on any atom is 0.164 e. The summed E-state index contributed by atoms with van der Waals surface area (Å²) in [7, 11) is 0. The average Bonchev–Trinajstić information content (AvgIpc) is 2.78. The lowest BCUT2D eigenvalue weighted by atomic mass is 10.2. The molecule has 1 saturated heterocycles. The molecule has 0 bridgehead atoms. The largest absolute Gasteiger partial charge is 0.383 e. The van der Waals surface area contributed by atoms with E-state index in [-0.39, 0.29) is 7.43 Å². The number of rotatable bonds is 3. The third kappa shape index (κ3) is 2.42. The molecule has 3 aromatic rings. The number of anilines is 1. The molecule has 1 aliphatic rings. The van der Waals surface area contributed by atoms with E-state index in [0.29, 0.717) is 11.9 Å². The van der Waals surface area contributed by atoms with Crippen molar-refractivity contribution in [3.05, 3.63) is 36.7 Å². The van der Waals surface area contributed by atoms with Crippen LogP contribution in [0.4, 0.5) is 5.82 Å². The first-order valence-electron chi connectivity index (χ1n) is 6.75. The first kappa shape index (κ1) is 14.8. The number of hydrogen-bond acceptors (Lipinski definition) is 6. The number of benzene rings is 1. The van der Waals surface area contributed by atoms with Crippen molar-refractivity contribution in [3.8, 4) is 0 Å². The number of nitrogens with zero attached hydrogens (tertiary/aromatic N) is 4. The summed E-state index contributed by atoms with van der Waals surface area (Å²) in [4.78, 5) is 9.61. The molecule has 3 heterocycles. The van der Waals surface area contributed by atoms with Gasteiger partial charge in [-0.05, 0) is 12.1 Å². The molecule has 2 aromatic heterocycles. The Balaban J connectivity index is 0.00000144. The lowest BCUT2D eigenvalue weighted by molar-refractivity contribution is 0.321. The van der Waals surface area contributed by atoms with Crippen LogP contribution in [0, 0.1) is 0 Å². The summed E-state index contributed by atoms with van der Waals surface area (Å²) < 4.78 is 1.97. The average molecular weight is 314 g/mol. The van der Waals surface area contributed by atoms with Crippen LogP contribution in [0.1, 0.15) is 13.5 Å². The van der Waals surface area contributed by atoms with E-state index >= 15 is 0 Å². The Kier molecular flexibility index (Phi) is 4.00. The Morgan fingerprint density at radius 2 is 1.95 bits per heavy atom. The third-order valence-corrected chi connectivity index (χ3v) is 4.54. The SMILES string of the molecule is C.Nc1ncnc2c1c(Sc1ccccc1)nn2C1CNC1. The van der Waals surface area contributed by atoms with Crippen molar-refractivity contribution in [2.24, 2.45) is 0 Å². The van der Waals surface area contributed by atoms with E-state index in [1.807, 2.05) is 22.9 Å². The zero-order chi connectivity index (χ0) is 14.2.